The van der Waals surface area contributed by atoms with Gasteiger partial charge in [-0.25, -0.2) is 0 Å². The molecule has 1 unspecified atom stereocenters. The number of aryl methyl sites for hydroxylation is 3. The van der Waals surface area contributed by atoms with Gasteiger partial charge in [0.2, 0.25) is 5.91 Å². The Kier molecular flexibility index (Phi) is 7.42. The molecule has 7 heteroatoms. The number of anilines is 1. The predicted molar refractivity (Wildman–Crippen MR) is 137 cm³/mol. The Hall–Kier alpha value is -3.76. The molecule has 1 aromatic heterocycles. The summed E-state index contributed by atoms with van der Waals surface area (Å²) < 4.78 is 5.27. The van der Waals surface area contributed by atoms with Gasteiger partial charge in [0.15, 0.2) is 0 Å². The van der Waals surface area contributed by atoms with Gasteiger partial charge in [-0.1, -0.05) is 49.0 Å². The van der Waals surface area contributed by atoms with Crippen molar-refractivity contribution in [3.63, 3.8) is 0 Å². The van der Waals surface area contributed by atoms with Gasteiger partial charge in [0.05, 0.1) is 18.1 Å². The lowest BCUT2D eigenvalue weighted by Gasteiger charge is -2.19. The van der Waals surface area contributed by atoms with E-state index in [1.807, 2.05) is 43.3 Å². The fourth-order valence-electron chi connectivity index (χ4n) is 3.92. The first kappa shape index (κ1) is 24.4. The summed E-state index contributed by atoms with van der Waals surface area (Å²) in [7, 11) is 0. The Balaban J connectivity index is 1.68. The zero-order valence-corrected chi connectivity index (χ0v) is 20.8. The first-order valence-corrected chi connectivity index (χ1v) is 12.4. The van der Waals surface area contributed by atoms with Crippen molar-refractivity contribution in [3.05, 3.63) is 99.5 Å². The topological polar surface area (TPSA) is 86.3 Å². The Labute approximate surface area is 209 Å². The smallest absolute Gasteiger partial charge is 0.265 e. The molecule has 6 nitrogen and oxygen atoms in total. The SMILES string of the molecule is CCc1ccc(N2C(=O)C(Cc3ccc(C)c(C)c3)S/C2=C(/C#N)C(=O)NCc2ccco2)cc1. The predicted octanol–water partition coefficient (Wildman–Crippen LogP) is 5.20. The second-order valence-corrected chi connectivity index (χ2v) is 9.67. The molecule has 2 aromatic carbocycles. The third-order valence-electron chi connectivity index (χ3n) is 6.10. The summed E-state index contributed by atoms with van der Waals surface area (Å²) >= 11 is 1.27. The maximum Gasteiger partial charge on any atom is 0.265 e. The van der Waals surface area contributed by atoms with Crippen LogP contribution in [0.25, 0.3) is 0 Å². The number of furan rings is 1. The number of hydrogen-bond acceptors (Lipinski definition) is 5. The Morgan fingerprint density at radius 1 is 1.11 bits per heavy atom. The van der Waals surface area contributed by atoms with E-state index >= 15 is 0 Å². The zero-order valence-electron chi connectivity index (χ0n) is 20.0. The van der Waals surface area contributed by atoms with Crippen LogP contribution in [0.15, 0.2) is 75.9 Å². The monoisotopic (exact) mass is 485 g/mol. The lowest BCUT2D eigenvalue weighted by atomic mass is 10.0. The molecule has 0 spiro atoms. The largest absolute Gasteiger partial charge is 0.467 e. The fraction of sp³-hybridized carbons (Fsp3) is 0.250. The van der Waals surface area contributed by atoms with Crippen LogP contribution >= 0.6 is 11.8 Å². The standard InChI is InChI=1S/C28H27N3O3S/c1-4-20-9-11-22(12-10-20)31-27(33)25(15-21-8-7-18(2)19(3)14-21)35-28(31)24(16-29)26(32)30-17-23-6-5-13-34-23/h5-14,25H,4,15,17H2,1-3H3,(H,30,32)/b28-24-. The summed E-state index contributed by atoms with van der Waals surface area (Å²) in [5.41, 5.74) is 5.10. The van der Waals surface area contributed by atoms with Gasteiger partial charge < -0.3 is 9.73 Å². The molecule has 178 valence electrons. The molecular weight excluding hydrogens is 458 g/mol. The van der Waals surface area contributed by atoms with E-state index in [1.165, 1.54) is 28.5 Å². The van der Waals surface area contributed by atoms with E-state index in [-0.39, 0.29) is 18.0 Å². The van der Waals surface area contributed by atoms with Gasteiger partial charge >= 0.3 is 0 Å². The van der Waals surface area contributed by atoms with Crippen LogP contribution in [-0.2, 0) is 29.0 Å². The quantitative estimate of drug-likeness (QED) is 0.367. The van der Waals surface area contributed by atoms with Crippen molar-refractivity contribution < 1.29 is 14.0 Å². The fourth-order valence-corrected chi connectivity index (χ4v) is 5.22. The lowest BCUT2D eigenvalue weighted by molar-refractivity contribution is -0.117. The highest BCUT2D eigenvalue weighted by Gasteiger charge is 2.40. The number of amides is 2. The highest BCUT2D eigenvalue weighted by molar-refractivity contribution is 8.05. The average molecular weight is 486 g/mol. The van der Waals surface area contributed by atoms with Crippen molar-refractivity contribution in [1.82, 2.24) is 5.32 Å². The van der Waals surface area contributed by atoms with Gasteiger partial charge in [0.1, 0.15) is 22.4 Å². The van der Waals surface area contributed by atoms with E-state index in [9.17, 15) is 14.9 Å². The molecule has 4 rings (SSSR count). The van der Waals surface area contributed by atoms with Crippen molar-refractivity contribution in [2.24, 2.45) is 0 Å². The molecule has 1 N–H and O–H groups in total. The lowest BCUT2D eigenvalue weighted by Crippen LogP contribution is -2.32. The van der Waals surface area contributed by atoms with E-state index in [2.05, 4.69) is 31.3 Å². The van der Waals surface area contributed by atoms with Crippen LogP contribution in [0, 0.1) is 25.2 Å². The maximum absolute atomic E-state index is 13.6. The molecule has 1 fully saturated rings. The second kappa shape index (κ2) is 10.7. The minimum atomic E-state index is -0.541. The Morgan fingerprint density at radius 2 is 1.86 bits per heavy atom. The van der Waals surface area contributed by atoms with E-state index in [1.54, 1.807) is 12.1 Å². The van der Waals surface area contributed by atoms with Crippen LogP contribution in [-0.4, -0.2) is 17.1 Å². The molecule has 1 aliphatic heterocycles. The third-order valence-corrected chi connectivity index (χ3v) is 7.37. The van der Waals surface area contributed by atoms with Gasteiger partial charge in [-0.15, -0.1) is 0 Å². The van der Waals surface area contributed by atoms with Crippen molar-refractivity contribution in [1.29, 1.82) is 5.26 Å². The number of benzene rings is 2. The van der Waals surface area contributed by atoms with Crippen molar-refractivity contribution in [3.8, 4) is 6.07 Å². The highest BCUT2D eigenvalue weighted by atomic mass is 32.2. The van der Waals surface area contributed by atoms with E-state index in [0.29, 0.717) is 22.9 Å². The van der Waals surface area contributed by atoms with Crippen LogP contribution in [0.5, 0.6) is 0 Å². The number of rotatable bonds is 7. The van der Waals surface area contributed by atoms with Crippen LogP contribution in [0.4, 0.5) is 5.69 Å². The number of nitrogens with zero attached hydrogens (tertiary/aromatic N) is 2. The van der Waals surface area contributed by atoms with Crippen LogP contribution in [0.2, 0.25) is 0 Å². The van der Waals surface area contributed by atoms with E-state index < -0.39 is 11.2 Å². The average Bonchev–Trinajstić information content (AvgIpc) is 3.49. The van der Waals surface area contributed by atoms with Crippen LogP contribution in [0.3, 0.4) is 0 Å². The number of hydrogen-bond donors (Lipinski definition) is 1. The summed E-state index contributed by atoms with van der Waals surface area (Å²) in [6.45, 7) is 6.32. The Morgan fingerprint density at radius 3 is 2.49 bits per heavy atom. The number of nitriles is 1. The molecule has 1 aliphatic rings. The van der Waals surface area contributed by atoms with Crippen LogP contribution < -0.4 is 10.2 Å². The number of carbonyl (C=O) groups is 2. The van der Waals surface area contributed by atoms with Crippen LogP contribution in [0.1, 0.15) is 34.9 Å². The van der Waals surface area contributed by atoms with Crippen molar-refractivity contribution in [2.75, 3.05) is 4.90 Å². The van der Waals surface area contributed by atoms with E-state index in [0.717, 1.165) is 23.1 Å². The van der Waals surface area contributed by atoms with Gasteiger partial charge in [-0.2, -0.15) is 5.26 Å². The van der Waals surface area contributed by atoms with Gasteiger partial charge in [-0.3, -0.25) is 14.5 Å². The normalized spacial score (nSPS) is 16.8. The molecule has 0 bridgehead atoms. The second-order valence-electron chi connectivity index (χ2n) is 8.48. The summed E-state index contributed by atoms with van der Waals surface area (Å²) in [5, 5.41) is 12.6. The first-order valence-electron chi connectivity index (χ1n) is 11.5. The van der Waals surface area contributed by atoms with E-state index in [4.69, 9.17) is 4.42 Å². The molecule has 0 saturated carbocycles. The number of carbonyl (C=O) groups excluding carboxylic acids is 2. The minimum Gasteiger partial charge on any atom is -0.467 e. The molecular formula is C28H27N3O3S. The van der Waals surface area contributed by atoms with Gasteiger partial charge in [-0.05, 0) is 73.2 Å². The van der Waals surface area contributed by atoms with Gasteiger partial charge in [0.25, 0.3) is 5.91 Å². The third kappa shape index (κ3) is 5.33. The molecule has 0 aliphatic carbocycles. The molecule has 2 heterocycles. The molecule has 0 radical (unpaired) electrons. The molecule has 1 saturated heterocycles. The molecule has 2 amide bonds. The summed E-state index contributed by atoms with van der Waals surface area (Å²) in [4.78, 5) is 28.1. The first-order chi connectivity index (χ1) is 16.9. The van der Waals surface area contributed by atoms with Crippen molar-refractivity contribution in [2.45, 2.75) is 45.4 Å². The van der Waals surface area contributed by atoms with Gasteiger partial charge in [0, 0.05) is 5.69 Å². The molecule has 35 heavy (non-hydrogen) atoms. The maximum atomic E-state index is 13.6. The Bertz CT molecular complexity index is 1300. The summed E-state index contributed by atoms with van der Waals surface area (Å²) in [5.74, 6) is -0.101. The molecule has 3 aromatic rings. The summed E-state index contributed by atoms with van der Waals surface area (Å²) in [6.07, 6.45) is 2.90. The number of nitrogens with one attached hydrogen (secondary N) is 1. The highest BCUT2D eigenvalue weighted by Crippen LogP contribution is 2.42. The summed E-state index contributed by atoms with van der Waals surface area (Å²) in [6, 6.07) is 19.3. The number of thioether (sulfide) groups is 1. The zero-order chi connectivity index (χ0) is 24.9. The minimum absolute atomic E-state index is 0.0861. The van der Waals surface area contributed by atoms with Crippen molar-refractivity contribution >= 4 is 29.3 Å². The molecule has 1 atom stereocenters.